The lowest BCUT2D eigenvalue weighted by Crippen LogP contribution is -2.52. The molecular weight excluding hydrogens is 457 g/mol. The van der Waals surface area contributed by atoms with Crippen LogP contribution in [0.25, 0.3) is 0 Å². The van der Waals surface area contributed by atoms with E-state index in [4.69, 9.17) is 10.5 Å². The van der Waals surface area contributed by atoms with E-state index in [1.807, 2.05) is 11.1 Å². The van der Waals surface area contributed by atoms with Crippen LogP contribution in [0, 0.1) is 11.7 Å². The predicted molar refractivity (Wildman–Crippen MR) is 128 cm³/mol. The summed E-state index contributed by atoms with van der Waals surface area (Å²) in [6.45, 7) is 3.98. The van der Waals surface area contributed by atoms with Gasteiger partial charge < -0.3 is 20.6 Å². The smallest absolute Gasteiger partial charge is 0.222 e. The molecule has 0 radical (unpaired) electrons. The van der Waals surface area contributed by atoms with Gasteiger partial charge in [0.05, 0.1) is 5.71 Å². The molecule has 1 atom stereocenters. The van der Waals surface area contributed by atoms with Crippen LogP contribution in [0.3, 0.4) is 0 Å². The Kier molecular flexibility index (Phi) is 6.44. The lowest BCUT2D eigenvalue weighted by molar-refractivity contribution is -0.136. The number of aromatic nitrogens is 1. The molecule has 3 aliphatic heterocycles. The third-order valence-electron chi connectivity index (χ3n) is 7.23. The number of carbonyl (C=O) groups excluding carboxylic acids is 1. The second kappa shape index (κ2) is 9.50. The maximum atomic E-state index is 13.7. The van der Waals surface area contributed by atoms with Crippen LogP contribution < -0.4 is 10.5 Å². The third kappa shape index (κ3) is 4.88. The molecule has 0 aliphatic carbocycles. The highest BCUT2D eigenvalue weighted by atomic mass is 32.1. The molecule has 5 rings (SSSR count). The number of nitrogen functional groups attached to an aromatic ring is 1. The van der Waals surface area contributed by atoms with Gasteiger partial charge in [-0.1, -0.05) is 5.16 Å². The first-order valence-corrected chi connectivity index (χ1v) is 12.6. The number of benzene rings is 1. The zero-order valence-electron chi connectivity index (χ0n) is 19.1. The summed E-state index contributed by atoms with van der Waals surface area (Å²) >= 11 is 1.52. The van der Waals surface area contributed by atoms with Crippen molar-refractivity contribution in [2.75, 3.05) is 31.9 Å². The van der Waals surface area contributed by atoms with E-state index in [1.54, 1.807) is 6.07 Å². The molecule has 1 aromatic heterocycles. The zero-order valence-corrected chi connectivity index (χ0v) is 19.9. The molecule has 34 heavy (non-hydrogen) atoms. The van der Waals surface area contributed by atoms with Crippen LogP contribution in [0.15, 0.2) is 29.6 Å². The molecule has 3 N–H and O–H groups in total. The van der Waals surface area contributed by atoms with Gasteiger partial charge in [0.1, 0.15) is 17.2 Å². The number of hydrogen-bond donors (Lipinski definition) is 2. The number of nitrogens with two attached hydrogens (primary N) is 1. The van der Waals surface area contributed by atoms with Gasteiger partial charge in [-0.05, 0) is 43.5 Å². The summed E-state index contributed by atoms with van der Waals surface area (Å²) in [4.78, 5) is 22.7. The average molecular weight is 488 g/mol. The van der Waals surface area contributed by atoms with Crippen molar-refractivity contribution >= 4 is 28.1 Å². The zero-order chi connectivity index (χ0) is 23.7. The minimum atomic E-state index is -0.526. The molecule has 10 heteroatoms. The number of oxime groups is 1. The van der Waals surface area contributed by atoms with E-state index < -0.39 is 11.4 Å². The minimum Gasteiger partial charge on any atom is -0.486 e. The molecular formula is C24H30FN5O3S. The van der Waals surface area contributed by atoms with Crippen molar-refractivity contribution in [3.63, 3.8) is 0 Å². The predicted octanol–water partition coefficient (Wildman–Crippen LogP) is 3.49. The molecule has 0 unspecified atom stereocenters. The summed E-state index contributed by atoms with van der Waals surface area (Å²) in [6.07, 6.45) is 6.26. The topological polar surface area (TPSA) is 104 Å². The molecule has 1 aromatic carbocycles. The van der Waals surface area contributed by atoms with E-state index in [-0.39, 0.29) is 5.91 Å². The Morgan fingerprint density at radius 3 is 2.91 bits per heavy atom. The highest BCUT2D eigenvalue weighted by molar-refractivity contribution is 7.15. The number of rotatable bonds is 4. The molecule has 1 spiro atoms. The van der Waals surface area contributed by atoms with Crippen LogP contribution in [0.5, 0.6) is 5.75 Å². The molecule has 2 aromatic rings. The van der Waals surface area contributed by atoms with E-state index >= 15 is 0 Å². The Morgan fingerprint density at radius 1 is 1.35 bits per heavy atom. The number of ether oxygens (including phenoxy) is 1. The van der Waals surface area contributed by atoms with Crippen molar-refractivity contribution in [1.29, 1.82) is 0 Å². The maximum absolute atomic E-state index is 13.7. The van der Waals surface area contributed by atoms with Crippen molar-refractivity contribution in [3.05, 3.63) is 40.7 Å². The summed E-state index contributed by atoms with van der Waals surface area (Å²) < 4.78 is 19.9. The Morgan fingerprint density at radius 2 is 2.18 bits per heavy atom. The quantitative estimate of drug-likeness (QED) is 0.505. The van der Waals surface area contributed by atoms with E-state index in [9.17, 15) is 14.4 Å². The van der Waals surface area contributed by atoms with Gasteiger partial charge in [0.15, 0.2) is 5.13 Å². The number of amides is 1. The molecule has 8 nitrogen and oxygen atoms in total. The van der Waals surface area contributed by atoms with Crippen molar-refractivity contribution in [2.24, 2.45) is 11.1 Å². The standard InChI is InChI=1S/C24H30FN5O3S/c25-17-3-4-21-19(11-17)20(28-32)12-24(33-21)5-8-30(9-6-24)22(31)10-16-2-1-7-29(14-16)15-18-13-27-23(26)34-18/h3-4,11,13,16,32H,1-2,5-10,12,14-15H2,(H2,26,27)/b28-20+/t16-/m0/s1. The molecule has 0 bridgehead atoms. The van der Waals surface area contributed by atoms with Gasteiger partial charge in [-0.15, -0.1) is 11.3 Å². The first-order valence-electron chi connectivity index (χ1n) is 11.8. The number of carbonyl (C=O) groups is 1. The first kappa shape index (κ1) is 23.0. The molecule has 2 saturated heterocycles. The number of anilines is 1. The summed E-state index contributed by atoms with van der Waals surface area (Å²) in [5.41, 5.74) is 6.16. The van der Waals surface area contributed by atoms with Crippen LogP contribution in [0.4, 0.5) is 9.52 Å². The van der Waals surface area contributed by atoms with Crippen LogP contribution >= 0.6 is 11.3 Å². The largest absolute Gasteiger partial charge is 0.486 e. The van der Waals surface area contributed by atoms with E-state index in [1.165, 1.54) is 23.5 Å². The fourth-order valence-electron chi connectivity index (χ4n) is 5.47. The number of thiazole rings is 1. The van der Waals surface area contributed by atoms with Crippen LogP contribution in [-0.4, -0.2) is 63.4 Å². The number of likely N-dealkylation sites (tertiary alicyclic amines) is 2. The summed E-state index contributed by atoms with van der Waals surface area (Å²) in [6, 6.07) is 4.28. The third-order valence-corrected chi connectivity index (χ3v) is 8.05. The lowest BCUT2D eigenvalue weighted by atomic mass is 9.82. The summed E-state index contributed by atoms with van der Waals surface area (Å²) in [5.74, 6) is 0.684. The van der Waals surface area contributed by atoms with Crippen molar-refractivity contribution in [2.45, 2.75) is 50.7 Å². The van der Waals surface area contributed by atoms with Gasteiger partial charge in [0.2, 0.25) is 5.91 Å². The van der Waals surface area contributed by atoms with E-state index in [2.05, 4.69) is 15.0 Å². The number of hydrogen-bond acceptors (Lipinski definition) is 8. The van der Waals surface area contributed by atoms with Crippen molar-refractivity contribution in [1.82, 2.24) is 14.8 Å². The van der Waals surface area contributed by atoms with Gasteiger partial charge in [-0.3, -0.25) is 9.69 Å². The number of halogens is 1. The molecule has 1 amide bonds. The van der Waals surface area contributed by atoms with Gasteiger partial charge in [-0.2, -0.15) is 0 Å². The maximum Gasteiger partial charge on any atom is 0.222 e. The molecule has 182 valence electrons. The van der Waals surface area contributed by atoms with Crippen molar-refractivity contribution < 1.29 is 19.1 Å². The molecule has 0 saturated carbocycles. The second-order valence-corrected chi connectivity index (χ2v) is 10.8. The van der Waals surface area contributed by atoms with Gasteiger partial charge in [0.25, 0.3) is 0 Å². The fourth-order valence-corrected chi connectivity index (χ4v) is 6.20. The fraction of sp³-hybridized carbons (Fsp3) is 0.542. The molecule has 2 fully saturated rings. The van der Waals surface area contributed by atoms with Gasteiger partial charge >= 0.3 is 0 Å². The van der Waals surface area contributed by atoms with Crippen LogP contribution in [-0.2, 0) is 11.3 Å². The van der Waals surface area contributed by atoms with Gasteiger partial charge in [-0.25, -0.2) is 9.37 Å². The summed E-state index contributed by atoms with van der Waals surface area (Å²) in [7, 11) is 0. The van der Waals surface area contributed by atoms with E-state index in [0.29, 0.717) is 66.8 Å². The highest BCUT2D eigenvalue weighted by Gasteiger charge is 2.43. The van der Waals surface area contributed by atoms with Crippen molar-refractivity contribution in [3.8, 4) is 5.75 Å². The minimum absolute atomic E-state index is 0.193. The number of nitrogens with zero attached hydrogens (tertiary/aromatic N) is 4. The van der Waals surface area contributed by atoms with E-state index in [0.717, 1.165) is 37.4 Å². The average Bonchev–Trinajstić information content (AvgIpc) is 3.24. The normalized spacial score (nSPS) is 23.6. The Bertz CT molecular complexity index is 1080. The Hall–Kier alpha value is -2.72. The number of fused-ring (bicyclic) bond motifs is 1. The second-order valence-electron chi connectivity index (χ2n) is 9.64. The van der Waals surface area contributed by atoms with Gasteiger partial charge in [0, 0.05) is 68.5 Å². The first-order chi connectivity index (χ1) is 16.4. The SMILES string of the molecule is Nc1ncc(CN2CCC[C@@H](CC(=O)N3CCC4(CC3)C/C(=N\O)c3cc(F)ccc3O4)C2)s1. The summed E-state index contributed by atoms with van der Waals surface area (Å²) in [5, 5.41) is 13.5. The number of piperidine rings is 2. The highest BCUT2D eigenvalue weighted by Crippen LogP contribution is 2.40. The van der Waals surface area contributed by atoms with Crippen LogP contribution in [0.1, 0.15) is 49.0 Å². The molecule has 3 aliphatic rings. The monoisotopic (exact) mass is 487 g/mol. The molecule has 4 heterocycles. The lowest BCUT2D eigenvalue weighted by Gasteiger charge is -2.45. The van der Waals surface area contributed by atoms with Crippen LogP contribution in [0.2, 0.25) is 0 Å². The Labute approximate surface area is 202 Å². The Balaban J connectivity index is 1.16.